The van der Waals surface area contributed by atoms with E-state index in [-0.39, 0.29) is 0 Å². The number of hydrogen-bond acceptors (Lipinski definition) is 2. The first-order valence-corrected chi connectivity index (χ1v) is 7.29. The molecule has 0 radical (unpaired) electrons. The highest BCUT2D eigenvalue weighted by Gasteiger charge is 2.17. The Morgan fingerprint density at radius 2 is 1.24 bits per heavy atom. The van der Waals surface area contributed by atoms with E-state index < -0.39 is 9.24 Å². The summed E-state index contributed by atoms with van der Waals surface area (Å²) in [4.78, 5) is 0. The lowest BCUT2D eigenvalue weighted by Gasteiger charge is -2.00. The molecule has 3 nitrogen and oxygen atoms in total. The molecule has 0 atom stereocenters. The monoisotopic (exact) mass is 265 g/mol. The molecule has 1 heterocycles. The van der Waals surface area contributed by atoms with Crippen LogP contribution in [0.25, 0.3) is 21.8 Å². The molecule has 0 aliphatic heterocycles. The molecule has 3 rings (SSSR count). The zero-order chi connectivity index (χ0) is 12.0. The van der Waals surface area contributed by atoms with Gasteiger partial charge in [0.1, 0.15) is 0 Å². The molecule has 5 heteroatoms. The van der Waals surface area contributed by atoms with Crippen LogP contribution in [-0.2, 0) is 9.24 Å². The van der Waals surface area contributed by atoms with Gasteiger partial charge in [0, 0.05) is 21.5 Å². The lowest BCUT2D eigenvalue weighted by atomic mass is 10.2. The third kappa shape index (κ3) is 1.52. The van der Waals surface area contributed by atoms with Crippen molar-refractivity contribution in [2.45, 2.75) is 0 Å². The van der Waals surface area contributed by atoms with Gasteiger partial charge in [0.15, 0.2) is 0 Å². The fraction of sp³-hybridized carbons (Fsp3) is 0. The zero-order valence-corrected chi connectivity index (χ0v) is 10.2. The summed E-state index contributed by atoms with van der Waals surface area (Å²) in [6.45, 7) is 0. The van der Waals surface area contributed by atoms with E-state index in [1.165, 1.54) is 3.97 Å². The minimum Gasteiger partial charge on any atom is -0.225 e. The standard InChI is InChI=1S/C12H8ClNO2S/c13-17(15,16)14-11-7-3-1-5-9(11)10-6-2-4-8-12(10)14/h1-8H. The molecular weight excluding hydrogens is 258 g/mol. The fourth-order valence-electron chi connectivity index (χ4n) is 2.12. The Kier molecular flexibility index (Phi) is 2.18. The first-order valence-electron chi connectivity index (χ1n) is 5.02. The van der Waals surface area contributed by atoms with Gasteiger partial charge in [0.2, 0.25) is 0 Å². The van der Waals surface area contributed by atoms with Crippen LogP contribution in [0.15, 0.2) is 48.5 Å². The van der Waals surface area contributed by atoms with Gasteiger partial charge in [0.05, 0.1) is 11.0 Å². The summed E-state index contributed by atoms with van der Waals surface area (Å²) in [6.07, 6.45) is 0. The minimum atomic E-state index is -3.82. The highest BCUT2D eigenvalue weighted by Crippen LogP contribution is 2.30. The summed E-state index contributed by atoms with van der Waals surface area (Å²) in [5, 5.41) is 1.76. The number of rotatable bonds is 1. The molecule has 0 aliphatic rings. The average Bonchev–Trinajstić information content (AvgIpc) is 2.63. The predicted molar refractivity (Wildman–Crippen MR) is 69.6 cm³/mol. The maximum Gasteiger partial charge on any atom is 0.326 e. The zero-order valence-electron chi connectivity index (χ0n) is 8.67. The number of fused-ring (bicyclic) bond motifs is 3. The maximum atomic E-state index is 11.7. The molecule has 0 spiro atoms. The topological polar surface area (TPSA) is 39.1 Å². The van der Waals surface area contributed by atoms with E-state index in [2.05, 4.69) is 0 Å². The van der Waals surface area contributed by atoms with Crippen LogP contribution >= 0.6 is 10.7 Å². The second kappa shape index (κ2) is 3.48. The van der Waals surface area contributed by atoms with E-state index in [1.807, 2.05) is 24.3 Å². The molecule has 17 heavy (non-hydrogen) atoms. The molecule has 0 unspecified atom stereocenters. The van der Waals surface area contributed by atoms with Gasteiger partial charge < -0.3 is 0 Å². The quantitative estimate of drug-likeness (QED) is 0.634. The van der Waals surface area contributed by atoms with E-state index in [0.29, 0.717) is 11.0 Å². The Morgan fingerprint density at radius 3 is 1.65 bits per heavy atom. The van der Waals surface area contributed by atoms with E-state index >= 15 is 0 Å². The van der Waals surface area contributed by atoms with Crippen molar-refractivity contribution in [3.63, 3.8) is 0 Å². The molecule has 0 fully saturated rings. The summed E-state index contributed by atoms with van der Waals surface area (Å²) < 4.78 is 24.5. The highest BCUT2D eigenvalue weighted by molar-refractivity contribution is 8.12. The molecule has 0 bridgehead atoms. The van der Waals surface area contributed by atoms with Crippen molar-refractivity contribution in [1.29, 1.82) is 0 Å². The predicted octanol–water partition coefficient (Wildman–Crippen LogP) is 3.13. The SMILES string of the molecule is O=S(=O)(Cl)n1c2ccccc2c2ccccc21. The van der Waals surface area contributed by atoms with Gasteiger partial charge in [-0.1, -0.05) is 36.4 Å². The van der Waals surface area contributed by atoms with Gasteiger partial charge in [-0.15, -0.1) is 0 Å². The van der Waals surface area contributed by atoms with E-state index in [1.54, 1.807) is 24.3 Å². The van der Waals surface area contributed by atoms with Crippen LogP contribution in [0, 0.1) is 0 Å². The first-order chi connectivity index (χ1) is 8.09. The van der Waals surface area contributed by atoms with Gasteiger partial charge in [-0.25, -0.2) is 3.97 Å². The summed E-state index contributed by atoms with van der Waals surface area (Å²) in [6, 6.07) is 14.6. The lowest BCUT2D eigenvalue weighted by Crippen LogP contribution is -2.03. The third-order valence-corrected chi connectivity index (χ3v) is 4.00. The summed E-state index contributed by atoms with van der Waals surface area (Å²) >= 11 is 0. The van der Waals surface area contributed by atoms with E-state index in [0.717, 1.165) is 10.8 Å². The largest absolute Gasteiger partial charge is 0.326 e. The van der Waals surface area contributed by atoms with E-state index in [9.17, 15) is 8.42 Å². The van der Waals surface area contributed by atoms with E-state index in [4.69, 9.17) is 10.7 Å². The van der Waals surface area contributed by atoms with Crippen LogP contribution < -0.4 is 0 Å². The molecule has 2 aromatic carbocycles. The maximum absolute atomic E-state index is 11.7. The first kappa shape index (κ1) is 10.6. The summed E-state index contributed by atoms with van der Waals surface area (Å²) in [5.74, 6) is 0. The molecular formula is C12H8ClNO2S. The Labute approximate surface area is 103 Å². The van der Waals surface area contributed by atoms with Gasteiger partial charge in [-0.2, -0.15) is 8.42 Å². The molecule has 0 saturated carbocycles. The second-order valence-electron chi connectivity index (χ2n) is 3.74. The Morgan fingerprint density at radius 1 is 0.824 bits per heavy atom. The van der Waals surface area contributed by atoms with Crippen molar-refractivity contribution in [3.8, 4) is 0 Å². The van der Waals surface area contributed by atoms with Crippen molar-refractivity contribution >= 4 is 41.7 Å². The van der Waals surface area contributed by atoms with Crippen molar-refractivity contribution in [2.24, 2.45) is 0 Å². The van der Waals surface area contributed by atoms with Crippen molar-refractivity contribution in [2.75, 3.05) is 0 Å². The average molecular weight is 266 g/mol. The van der Waals surface area contributed by atoms with Crippen LogP contribution in [0.2, 0.25) is 0 Å². The molecule has 0 amide bonds. The molecule has 1 aromatic heterocycles. The molecule has 0 N–H and O–H groups in total. The Balaban J connectivity index is 2.70. The minimum absolute atomic E-state index is 0.601. The van der Waals surface area contributed by atoms with Crippen LogP contribution in [0.1, 0.15) is 0 Å². The van der Waals surface area contributed by atoms with Crippen molar-refractivity contribution in [1.82, 2.24) is 3.97 Å². The van der Waals surface area contributed by atoms with Gasteiger partial charge in [0.25, 0.3) is 0 Å². The molecule has 86 valence electrons. The smallest absolute Gasteiger partial charge is 0.225 e. The van der Waals surface area contributed by atoms with Gasteiger partial charge in [-0.05, 0) is 12.1 Å². The number of halogens is 1. The summed E-state index contributed by atoms with van der Waals surface area (Å²) in [5.41, 5.74) is 1.20. The molecule has 3 aromatic rings. The Hall–Kier alpha value is -1.52. The fourth-order valence-corrected chi connectivity index (χ4v) is 3.36. The van der Waals surface area contributed by atoms with Crippen molar-refractivity contribution in [3.05, 3.63) is 48.5 Å². The van der Waals surface area contributed by atoms with Gasteiger partial charge in [-0.3, -0.25) is 0 Å². The number of aromatic nitrogens is 1. The normalized spacial score (nSPS) is 12.3. The number of para-hydroxylation sites is 2. The lowest BCUT2D eigenvalue weighted by molar-refractivity contribution is 0.604. The van der Waals surface area contributed by atoms with Crippen LogP contribution in [-0.4, -0.2) is 12.4 Å². The molecule has 0 aliphatic carbocycles. The second-order valence-corrected chi connectivity index (χ2v) is 6.10. The number of benzene rings is 2. The van der Waals surface area contributed by atoms with Crippen LogP contribution in [0.3, 0.4) is 0 Å². The van der Waals surface area contributed by atoms with Crippen molar-refractivity contribution < 1.29 is 8.42 Å². The van der Waals surface area contributed by atoms with Crippen LogP contribution in [0.5, 0.6) is 0 Å². The third-order valence-electron chi connectivity index (χ3n) is 2.75. The summed E-state index contributed by atoms with van der Waals surface area (Å²) in [7, 11) is 1.67. The number of nitrogens with zero attached hydrogens (tertiary/aromatic N) is 1. The van der Waals surface area contributed by atoms with Gasteiger partial charge >= 0.3 is 9.24 Å². The highest BCUT2D eigenvalue weighted by atomic mass is 35.7. The molecule has 0 saturated heterocycles. The van der Waals surface area contributed by atoms with Crippen LogP contribution in [0.4, 0.5) is 0 Å². The number of hydrogen-bond donors (Lipinski definition) is 0. The Bertz CT molecular complexity index is 768.